The quantitative estimate of drug-likeness (QED) is 0.569. The SMILES string of the molecule is Cc1nnn2c1Cc1c(C(=O)O)ncn1-c1ccccc1-2. The van der Waals surface area contributed by atoms with E-state index >= 15 is 0 Å². The van der Waals surface area contributed by atoms with E-state index in [9.17, 15) is 9.90 Å². The number of nitrogens with zero attached hydrogens (tertiary/aromatic N) is 5. The van der Waals surface area contributed by atoms with Crippen LogP contribution >= 0.6 is 0 Å². The van der Waals surface area contributed by atoms with Crippen LogP contribution in [0.5, 0.6) is 0 Å². The van der Waals surface area contributed by atoms with Gasteiger partial charge in [-0.1, -0.05) is 17.3 Å². The van der Waals surface area contributed by atoms with Crippen molar-refractivity contribution in [2.75, 3.05) is 0 Å². The number of imidazole rings is 1. The highest BCUT2D eigenvalue weighted by molar-refractivity contribution is 5.87. The van der Waals surface area contributed by atoms with E-state index in [-0.39, 0.29) is 5.69 Å². The van der Waals surface area contributed by atoms with Crippen LogP contribution in [0.3, 0.4) is 0 Å². The minimum Gasteiger partial charge on any atom is -0.476 e. The zero-order chi connectivity index (χ0) is 14.6. The second-order valence-electron chi connectivity index (χ2n) is 4.91. The van der Waals surface area contributed by atoms with Crippen LogP contribution in [0.2, 0.25) is 0 Å². The van der Waals surface area contributed by atoms with Gasteiger partial charge in [-0.3, -0.25) is 4.57 Å². The van der Waals surface area contributed by atoms with Crippen LogP contribution in [0, 0.1) is 6.92 Å². The van der Waals surface area contributed by atoms with Crippen molar-refractivity contribution in [3.63, 3.8) is 0 Å². The average molecular weight is 281 g/mol. The lowest BCUT2D eigenvalue weighted by Gasteiger charge is -2.08. The Morgan fingerprint density at radius 3 is 2.76 bits per heavy atom. The minimum atomic E-state index is -1.03. The molecule has 0 saturated heterocycles. The smallest absolute Gasteiger partial charge is 0.356 e. The van der Waals surface area contributed by atoms with Gasteiger partial charge in [-0.05, 0) is 19.1 Å². The number of fused-ring (bicyclic) bond motifs is 5. The first kappa shape index (κ1) is 11.8. The van der Waals surface area contributed by atoms with E-state index in [1.165, 1.54) is 0 Å². The topological polar surface area (TPSA) is 85.8 Å². The molecule has 7 nitrogen and oxygen atoms in total. The summed E-state index contributed by atoms with van der Waals surface area (Å²) < 4.78 is 3.58. The molecular weight excluding hydrogens is 270 g/mol. The molecule has 0 unspecified atom stereocenters. The Morgan fingerprint density at radius 1 is 1.24 bits per heavy atom. The summed E-state index contributed by atoms with van der Waals surface area (Å²) in [5.74, 6) is -1.03. The summed E-state index contributed by atoms with van der Waals surface area (Å²) in [5.41, 5.74) is 4.08. The number of aromatic nitrogens is 5. The highest BCUT2D eigenvalue weighted by Gasteiger charge is 2.26. The molecule has 4 rings (SSSR count). The number of carboxylic acid groups (broad SMARTS) is 1. The fourth-order valence-corrected chi connectivity index (χ4v) is 2.71. The minimum absolute atomic E-state index is 0.0684. The lowest BCUT2D eigenvalue weighted by molar-refractivity contribution is 0.0690. The van der Waals surface area contributed by atoms with Gasteiger partial charge >= 0.3 is 5.97 Å². The highest BCUT2D eigenvalue weighted by Crippen LogP contribution is 2.29. The van der Waals surface area contributed by atoms with Crippen LogP contribution in [0.15, 0.2) is 30.6 Å². The van der Waals surface area contributed by atoms with E-state index in [1.54, 1.807) is 11.0 Å². The van der Waals surface area contributed by atoms with E-state index in [0.29, 0.717) is 12.1 Å². The molecule has 3 aromatic rings. The molecule has 0 fully saturated rings. The molecule has 0 radical (unpaired) electrons. The summed E-state index contributed by atoms with van der Waals surface area (Å²) in [4.78, 5) is 15.4. The molecule has 0 atom stereocenters. The van der Waals surface area contributed by atoms with Gasteiger partial charge in [-0.15, -0.1) is 5.10 Å². The van der Waals surface area contributed by atoms with Crippen molar-refractivity contribution in [3.05, 3.63) is 53.4 Å². The molecule has 0 spiro atoms. The fraction of sp³-hybridized carbons (Fsp3) is 0.143. The molecule has 1 N–H and O–H groups in total. The summed E-state index contributed by atoms with van der Waals surface area (Å²) in [5, 5.41) is 17.6. The van der Waals surface area contributed by atoms with Crippen molar-refractivity contribution < 1.29 is 9.90 Å². The van der Waals surface area contributed by atoms with Crippen molar-refractivity contribution in [1.82, 2.24) is 24.5 Å². The summed E-state index contributed by atoms with van der Waals surface area (Å²) in [6.45, 7) is 1.87. The number of rotatable bonds is 1. The maximum absolute atomic E-state index is 11.4. The van der Waals surface area contributed by atoms with Gasteiger partial charge in [0.15, 0.2) is 5.69 Å². The fourth-order valence-electron chi connectivity index (χ4n) is 2.71. The normalized spacial score (nSPS) is 12.2. The molecule has 0 aliphatic carbocycles. The molecular formula is C14H11N5O2. The second kappa shape index (κ2) is 4.02. The van der Waals surface area contributed by atoms with E-state index in [2.05, 4.69) is 15.3 Å². The second-order valence-corrected chi connectivity index (χ2v) is 4.91. The van der Waals surface area contributed by atoms with Crippen LogP contribution in [-0.4, -0.2) is 35.6 Å². The molecule has 0 bridgehead atoms. The molecule has 3 heterocycles. The van der Waals surface area contributed by atoms with Crippen molar-refractivity contribution in [1.29, 1.82) is 0 Å². The van der Waals surface area contributed by atoms with E-state index in [4.69, 9.17) is 0 Å². The lowest BCUT2D eigenvalue weighted by Crippen LogP contribution is -2.06. The van der Waals surface area contributed by atoms with Crippen LogP contribution in [0.25, 0.3) is 11.4 Å². The molecule has 21 heavy (non-hydrogen) atoms. The number of aromatic carboxylic acids is 1. The van der Waals surface area contributed by atoms with Crippen LogP contribution in [0.4, 0.5) is 0 Å². The first-order valence-electron chi connectivity index (χ1n) is 6.47. The predicted molar refractivity (Wildman–Crippen MR) is 73.0 cm³/mol. The molecule has 7 heteroatoms. The van der Waals surface area contributed by atoms with Gasteiger partial charge in [-0.25, -0.2) is 14.5 Å². The van der Waals surface area contributed by atoms with Gasteiger partial charge in [0.05, 0.1) is 28.5 Å². The lowest BCUT2D eigenvalue weighted by atomic mass is 10.1. The summed E-state index contributed by atoms with van der Waals surface area (Å²) in [6.07, 6.45) is 1.97. The van der Waals surface area contributed by atoms with Crippen LogP contribution in [0.1, 0.15) is 27.6 Å². The summed E-state index contributed by atoms with van der Waals surface area (Å²) in [7, 11) is 0. The number of hydrogen-bond acceptors (Lipinski definition) is 4. The Morgan fingerprint density at radius 2 is 2.00 bits per heavy atom. The van der Waals surface area contributed by atoms with Crippen molar-refractivity contribution >= 4 is 5.97 Å². The Bertz CT molecular complexity index is 877. The largest absolute Gasteiger partial charge is 0.476 e. The maximum atomic E-state index is 11.4. The maximum Gasteiger partial charge on any atom is 0.356 e. The van der Waals surface area contributed by atoms with Crippen molar-refractivity contribution in [3.8, 4) is 11.4 Å². The number of benzene rings is 1. The predicted octanol–water partition coefficient (Wildman–Crippen LogP) is 1.36. The number of carbonyl (C=O) groups is 1. The van der Waals surface area contributed by atoms with Gasteiger partial charge in [0.1, 0.15) is 6.33 Å². The molecule has 2 aromatic heterocycles. The third-order valence-electron chi connectivity index (χ3n) is 3.73. The van der Waals surface area contributed by atoms with Crippen LogP contribution in [-0.2, 0) is 6.42 Å². The Balaban J connectivity index is 2.10. The molecule has 0 amide bonds. The van der Waals surface area contributed by atoms with Gasteiger partial charge in [0.2, 0.25) is 0 Å². The summed E-state index contributed by atoms with van der Waals surface area (Å²) in [6, 6.07) is 7.66. The van der Waals surface area contributed by atoms with E-state index in [1.807, 2.05) is 35.8 Å². The third kappa shape index (κ3) is 1.54. The van der Waals surface area contributed by atoms with Gasteiger partial charge in [-0.2, -0.15) is 0 Å². The van der Waals surface area contributed by atoms with Crippen LogP contribution < -0.4 is 0 Å². The number of carboxylic acids is 1. The molecule has 1 aliphatic heterocycles. The number of para-hydroxylation sites is 2. The molecule has 104 valence electrons. The van der Waals surface area contributed by atoms with Gasteiger partial charge in [0, 0.05) is 6.42 Å². The van der Waals surface area contributed by atoms with Gasteiger partial charge in [0.25, 0.3) is 0 Å². The number of hydrogen-bond donors (Lipinski definition) is 1. The van der Waals surface area contributed by atoms with Crippen molar-refractivity contribution in [2.45, 2.75) is 13.3 Å². The molecule has 1 aliphatic rings. The third-order valence-corrected chi connectivity index (χ3v) is 3.73. The van der Waals surface area contributed by atoms with E-state index < -0.39 is 5.97 Å². The van der Waals surface area contributed by atoms with E-state index in [0.717, 1.165) is 22.8 Å². The van der Waals surface area contributed by atoms with Crippen molar-refractivity contribution in [2.24, 2.45) is 0 Å². The Hall–Kier alpha value is -2.96. The monoisotopic (exact) mass is 281 g/mol. The first-order valence-corrected chi connectivity index (χ1v) is 6.47. The first-order chi connectivity index (χ1) is 10.2. The standard InChI is InChI=1S/C14H11N5O2/c1-8-11-6-12-13(14(20)21)15-7-18(12)9-4-2-3-5-10(9)19(11)17-16-8/h2-5,7H,6H2,1H3,(H,20,21). The van der Waals surface area contributed by atoms with Gasteiger partial charge < -0.3 is 5.11 Å². The zero-order valence-corrected chi connectivity index (χ0v) is 11.2. The highest BCUT2D eigenvalue weighted by atomic mass is 16.4. The zero-order valence-electron chi connectivity index (χ0n) is 11.2. The average Bonchev–Trinajstić information content (AvgIpc) is 3.01. The molecule has 0 saturated carbocycles. The molecule has 1 aromatic carbocycles. The summed E-state index contributed by atoms with van der Waals surface area (Å²) >= 11 is 0. The number of aryl methyl sites for hydroxylation is 1. The Kier molecular flexibility index (Phi) is 2.26. The Labute approximate surface area is 119 Å².